The Morgan fingerprint density at radius 2 is 1.97 bits per heavy atom. The number of nitrogens with zero attached hydrogens (tertiary/aromatic N) is 4. The highest BCUT2D eigenvalue weighted by Gasteiger charge is 2.19. The van der Waals surface area contributed by atoms with Gasteiger partial charge in [-0.2, -0.15) is 0 Å². The van der Waals surface area contributed by atoms with Gasteiger partial charge in [0, 0.05) is 19.8 Å². The number of amides is 1. The highest BCUT2D eigenvalue weighted by atomic mass is 32.2. The van der Waals surface area contributed by atoms with E-state index in [1.54, 1.807) is 25.1 Å². The molecule has 0 unspecified atom stereocenters. The number of hydrogen-bond donors (Lipinski definition) is 2. The van der Waals surface area contributed by atoms with E-state index < -0.39 is 15.8 Å². The summed E-state index contributed by atoms with van der Waals surface area (Å²) >= 11 is 1.04. The Morgan fingerprint density at radius 1 is 1.24 bits per heavy atom. The molecule has 0 aliphatic carbocycles. The molecule has 0 bridgehead atoms. The number of nitrogens with one attached hydrogen (secondary N) is 1. The zero-order valence-electron chi connectivity index (χ0n) is 18.1. The van der Waals surface area contributed by atoms with Crippen molar-refractivity contribution in [3.8, 4) is 5.75 Å². The van der Waals surface area contributed by atoms with Crippen LogP contribution in [0, 0.1) is 12.7 Å². The normalized spacial score (nSPS) is 11.5. The lowest BCUT2D eigenvalue weighted by molar-refractivity contribution is -0.113. The Kier molecular flexibility index (Phi) is 7.56. The molecule has 1 aromatic heterocycles. The van der Waals surface area contributed by atoms with Gasteiger partial charge in [0.25, 0.3) is 0 Å². The molecule has 3 rings (SSSR count). The van der Waals surface area contributed by atoms with Gasteiger partial charge in [0.2, 0.25) is 21.1 Å². The number of hydrogen-bond acceptors (Lipinski definition) is 8. The van der Waals surface area contributed by atoms with Gasteiger partial charge in [0.15, 0.2) is 17.4 Å². The van der Waals surface area contributed by atoms with Crippen LogP contribution < -0.4 is 15.9 Å². The lowest BCUT2D eigenvalue weighted by atomic mass is 10.2. The molecule has 0 fully saturated rings. The number of thioether (sulfide) groups is 1. The number of nitrogen functional groups attached to an aromatic ring is 1. The van der Waals surface area contributed by atoms with E-state index in [2.05, 4.69) is 15.5 Å². The second kappa shape index (κ2) is 10.2. The van der Waals surface area contributed by atoms with Crippen molar-refractivity contribution in [2.45, 2.75) is 23.6 Å². The zero-order valence-corrected chi connectivity index (χ0v) is 19.8. The van der Waals surface area contributed by atoms with Gasteiger partial charge in [-0.1, -0.05) is 30.0 Å². The number of aryl methyl sites for hydroxylation is 1. The SMILES string of the molecule is Cc1ccc(S(=O)(=O)N(C)C)cc1NC(=O)CSc1nnc(COc2ccccc2F)n1N. The summed E-state index contributed by atoms with van der Waals surface area (Å²) in [5.41, 5.74) is 1.09. The monoisotopic (exact) mass is 494 g/mol. The summed E-state index contributed by atoms with van der Waals surface area (Å²) < 4.78 is 46.0. The topological polar surface area (TPSA) is 132 Å². The molecule has 33 heavy (non-hydrogen) atoms. The van der Waals surface area contributed by atoms with Crippen molar-refractivity contribution in [3.63, 3.8) is 0 Å². The summed E-state index contributed by atoms with van der Waals surface area (Å²) in [7, 11) is -0.769. The van der Waals surface area contributed by atoms with Gasteiger partial charge >= 0.3 is 0 Å². The Morgan fingerprint density at radius 3 is 2.67 bits per heavy atom. The van der Waals surface area contributed by atoms with Crippen LogP contribution in [0.3, 0.4) is 0 Å². The quantitative estimate of drug-likeness (QED) is 0.341. The van der Waals surface area contributed by atoms with E-state index in [4.69, 9.17) is 10.6 Å². The molecule has 3 aromatic rings. The molecule has 13 heteroatoms. The van der Waals surface area contributed by atoms with Crippen LogP contribution in [0.4, 0.5) is 10.1 Å². The predicted octanol–water partition coefficient (Wildman–Crippen LogP) is 2.00. The standard InChI is InChI=1S/C20H23FN6O4S2/c1-13-8-9-14(33(29,30)26(2)3)10-16(13)23-19(28)12-32-20-25-24-18(27(20)22)11-31-17-7-5-4-6-15(17)21/h4-10H,11-12,22H2,1-3H3,(H,23,28). The fourth-order valence-electron chi connectivity index (χ4n) is 2.63. The van der Waals surface area contributed by atoms with Crippen LogP contribution in [-0.2, 0) is 21.4 Å². The van der Waals surface area contributed by atoms with Crippen LogP contribution in [0.2, 0.25) is 0 Å². The minimum Gasteiger partial charge on any atom is -0.482 e. The number of anilines is 1. The smallest absolute Gasteiger partial charge is 0.242 e. The lowest BCUT2D eigenvalue weighted by Crippen LogP contribution is -2.23. The zero-order chi connectivity index (χ0) is 24.2. The second-order valence-electron chi connectivity index (χ2n) is 7.09. The number of benzene rings is 2. The minimum atomic E-state index is -3.64. The number of halogens is 1. The molecular weight excluding hydrogens is 471 g/mol. The molecule has 1 amide bonds. The van der Waals surface area contributed by atoms with Crippen molar-refractivity contribution in [3.05, 3.63) is 59.7 Å². The molecule has 176 valence electrons. The van der Waals surface area contributed by atoms with Gasteiger partial charge in [-0.3, -0.25) is 4.79 Å². The van der Waals surface area contributed by atoms with E-state index in [9.17, 15) is 17.6 Å². The number of carbonyl (C=O) groups is 1. The molecule has 2 aromatic carbocycles. The highest BCUT2D eigenvalue weighted by molar-refractivity contribution is 7.99. The van der Waals surface area contributed by atoms with Gasteiger partial charge in [0.05, 0.1) is 10.6 Å². The first-order chi connectivity index (χ1) is 15.6. The van der Waals surface area contributed by atoms with Crippen LogP contribution >= 0.6 is 11.8 Å². The van der Waals surface area contributed by atoms with Crippen molar-refractivity contribution < 1.29 is 22.3 Å². The summed E-state index contributed by atoms with van der Waals surface area (Å²) in [6.45, 7) is 1.65. The van der Waals surface area contributed by atoms with Gasteiger partial charge in [-0.05, 0) is 36.8 Å². The summed E-state index contributed by atoms with van der Waals surface area (Å²) in [6.07, 6.45) is 0. The molecule has 3 N–H and O–H groups in total. The van der Waals surface area contributed by atoms with E-state index in [-0.39, 0.29) is 39.9 Å². The van der Waals surface area contributed by atoms with Crippen molar-refractivity contribution in [2.75, 3.05) is 31.0 Å². The fraction of sp³-hybridized carbons (Fsp3) is 0.250. The van der Waals surface area contributed by atoms with Gasteiger partial charge < -0.3 is 15.9 Å². The van der Waals surface area contributed by atoms with Gasteiger partial charge in [-0.25, -0.2) is 21.8 Å². The molecule has 0 aliphatic rings. The van der Waals surface area contributed by atoms with E-state index in [0.29, 0.717) is 11.3 Å². The largest absolute Gasteiger partial charge is 0.482 e. The van der Waals surface area contributed by atoms with Gasteiger partial charge in [0.1, 0.15) is 6.61 Å². The first kappa shape index (κ1) is 24.5. The molecule has 10 nitrogen and oxygen atoms in total. The Balaban J connectivity index is 1.61. The molecule has 0 radical (unpaired) electrons. The molecule has 1 heterocycles. The Hall–Kier alpha value is -3.16. The van der Waals surface area contributed by atoms with E-state index >= 15 is 0 Å². The van der Waals surface area contributed by atoms with Crippen LogP contribution in [0.1, 0.15) is 11.4 Å². The maximum absolute atomic E-state index is 13.7. The molecule has 0 saturated carbocycles. The fourth-order valence-corrected chi connectivity index (χ4v) is 4.24. The highest BCUT2D eigenvalue weighted by Crippen LogP contribution is 2.23. The number of sulfonamides is 1. The Labute approximate surface area is 195 Å². The summed E-state index contributed by atoms with van der Waals surface area (Å²) in [5.74, 6) is 5.33. The average molecular weight is 495 g/mol. The number of para-hydroxylation sites is 1. The van der Waals surface area contributed by atoms with Crippen molar-refractivity contribution in [2.24, 2.45) is 0 Å². The number of rotatable bonds is 9. The second-order valence-corrected chi connectivity index (χ2v) is 10.2. The van der Waals surface area contributed by atoms with Crippen molar-refractivity contribution in [1.29, 1.82) is 0 Å². The van der Waals surface area contributed by atoms with E-state index in [0.717, 1.165) is 20.7 Å². The summed E-state index contributed by atoms with van der Waals surface area (Å²) in [4.78, 5) is 12.5. The number of carbonyl (C=O) groups excluding carboxylic acids is 1. The third-order valence-electron chi connectivity index (χ3n) is 4.52. The maximum Gasteiger partial charge on any atom is 0.242 e. The van der Waals surface area contributed by atoms with E-state index in [1.165, 1.54) is 38.4 Å². The average Bonchev–Trinajstić information content (AvgIpc) is 3.12. The lowest BCUT2D eigenvalue weighted by Gasteiger charge is -2.14. The number of aromatic nitrogens is 3. The first-order valence-electron chi connectivity index (χ1n) is 9.62. The predicted molar refractivity (Wildman–Crippen MR) is 122 cm³/mol. The summed E-state index contributed by atoms with van der Waals surface area (Å²) in [6, 6.07) is 10.5. The minimum absolute atomic E-state index is 0.0480. The van der Waals surface area contributed by atoms with Crippen LogP contribution in [-0.4, -0.2) is 53.4 Å². The molecule has 0 saturated heterocycles. The van der Waals surface area contributed by atoms with Gasteiger partial charge in [-0.15, -0.1) is 10.2 Å². The molecule has 0 aliphatic heterocycles. The van der Waals surface area contributed by atoms with Crippen molar-refractivity contribution in [1.82, 2.24) is 19.2 Å². The van der Waals surface area contributed by atoms with E-state index in [1.807, 2.05) is 0 Å². The van der Waals surface area contributed by atoms with Crippen LogP contribution in [0.25, 0.3) is 0 Å². The van der Waals surface area contributed by atoms with Crippen LogP contribution in [0.15, 0.2) is 52.5 Å². The van der Waals surface area contributed by atoms with Crippen molar-refractivity contribution >= 4 is 33.4 Å². The Bertz CT molecular complexity index is 1260. The summed E-state index contributed by atoms with van der Waals surface area (Å²) in [5, 5.41) is 10.8. The number of nitrogens with two attached hydrogens (primary N) is 1. The third kappa shape index (κ3) is 5.80. The third-order valence-corrected chi connectivity index (χ3v) is 7.28. The molecule has 0 spiro atoms. The number of ether oxygens (including phenoxy) is 1. The first-order valence-corrected chi connectivity index (χ1v) is 12.0. The maximum atomic E-state index is 13.7. The molecule has 0 atom stereocenters. The molecular formula is C20H23FN6O4S2. The van der Waals surface area contributed by atoms with Crippen LogP contribution in [0.5, 0.6) is 5.75 Å².